The molecule has 5 rings (SSSR count). The van der Waals surface area contributed by atoms with Gasteiger partial charge in [0.25, 0.3) is 5.91 Å². The minimum absolute atomic E-state index is 0.0153. The lowest BCUT2D eigenvalue weighted by molar-refractivity contribution is -0.140. The number of alkyl halides is 3. The number of carbonyl (C=O) groups is 2. The molecule has 3 N–H and O–H groups in total. The largest absolute Gasteiger partial charge is 0.476 e. The lowest BCUT2D eigenvalue weighted by Crippen LogP contribution is -2.31. The highest BCUT2D eigenvalue weighted by atomic mass is 19.4. The molecule has 37 heavy (non-hydrogen) atoms. The molecule has 3 heterocycles. The first-order valence-electron chi connectivity index (χ1n) is 10.9. The Balaban J connectivity index is 1.60. The predicted octanol–water partition coefficient (Wildman–Crippen LogP) is 5.22. The molecule has 1 aliphatic rings. The number of hydrogen-bond donors (Lipinski definition) is 3. The Morgan fingerprint density at radius 3 is 2.57 bits per heavy atom. The Morgan fingerprint density at radius 2 is 1.86 bits per heavy atom. The third-order valence-corrected chi connectivity index (χ3v) is 5.95. The molecule has 4 aromatic rings. The summed E-state index contributed by atoms with van der Waals surface area (Å²) in [7, 11) is 0. The minimum atomic E-state index is -4.92. The van der Waals surface area contributed by atoms with Gasteiger partial charge in [-0.2, -0.15) is 18.3 Å². The highest BCUT2D eigenvalue weighted by Gasteiger charge is 2.37. The van der Waals surface area contributed by atoms with Gasteiger partial charge in [0.1, 0.15) is 17.7 Å². The highest BCUT2D eigenvalue weighted by Crippen LogP contribution is 2.39. The second-order valence-corrected chi connectivity index (χ2v) is 8.36. The molecule has 0 fully saturated rings. The second-order valence-electron chi connectivity index (χ2n) is 8.36. The van der Waals surface area contributed by atoms with Crippen molar-refractivity contribution in [1.29, 1.82) is 0 Å². The van der Waals surface area contributed by atoms with Gasteiger partial charge in [-0.15, -0.1) is 0 Å². The number of carboxylic acid groups (broad SMARTS) is 1. The summed E-state index contributed by atoms with van der Waals surface area (Å²) in [6.07, 6.45) is -1.66. The number of aromatic nitrogens is 3. The quantitative estimate of drug-likeness (QED) is 0.325. The molecule has 12 heteroatoms. The zero-order valence-electron chi connectivity index (χ0n) is 19.0. The summed E-state index contributed by atoms with van der Waals surface area (Å²) in [5.74, 6) is -3.34. The third kappa shape index (κ3) is 4.37. The maximum absolute atomic E-state index is 14.5. The van der Waals surface area contributed by atoms with E-state index in [1.807, 2.05) is 0 Å². The van der Waals surface area contributed by atoms with Crippen LogP contribution in [0.3, 0.4) is 0 Å². The summed E-state index contributed by atoms with van der Waals surface area (Å²) in [5.41, 5.74) is -1.12. The van der Waals surface area contributed by atoms with Crippen LogP contribution in [-0.4, -0.2) is 31.7 Å². The molecule has 0 aliphatic carbocycles. The van der Waals surface area contributed by atoms with Crippen molar-refractivity contribution < 1.29 is 32.3 Å². The molecule has 1 aliphatic heterocycles. The van der Waals surface area contributed by atoms with Gasteiger partial charge >= 0.3 is 12.1 Å². The smallest absolute Gasteiger partial charge is 0.419 e. The van der Waals surface area contributed by atoms with E-state index >= 15 is 0 Å². The molecular weight excluding hydrogens is 494 g/mol. The van der Waals surface area contributed by atoms with Gasteiger partial charge in [-0.05, 0) is 48.2 Å². The van der Waals surface area contributed by atoms with Crippen molar-refractivity contribution in [2.45, 2.75) is 19.1 Å². The van der Waals surface area contributed by atoms with Crippen molar-refractivity contribution in [3.05, 3.63) is 94.8 Å². The number of carboxylic acids is 1. The number of amides is 1. The summed E-state index contributed by atoms with van der Waals surface area (Å²) in [4.78, 5) is 29.1. The van der Waals surface area contributed by atoms with Crippen LogP contribution in [-0.2, 0) is 11.0 Å². The lowest BCUT2D eigenvalue weighted by Gasteiger charge is -2.30. The number of halogens is 4. The Morgan fingerprint density at radius 1 is 1.08 bits per heavy atom. The van der Waals surface area contributed by atoms with Crippen LogP contribution in [0.25, 0.3) is 10.8 Å². The number of fused-ring (bicyclic) bond motifs is 2. The Bertz CT molecular complexity index is 1610. The van der Waals surface area contributed by atoms with Crippen LogP contribution in [0.4, 0.5) is 29.1 Å². The normalized spacial score (nSPS) is 15.3. The number of rotatable bonds is 4. The summed E-state index contributed by atoms with van der Waals surface area (Å²) >= 11 is 0. The number of carbonyl (C=O) groups excluding carboxylic acids is 1. The van der Waals surface area contributed by atoms with Crippen LogP contribution in [0.15, 0.2) is 72.2 Å². The van der Waals surface area contributed by atoms with Gasteiger partial charge in [0.15, 0.2) is 5.69 Å². The van der Waals surface area contributed by atoms with Crippen LogP contribution < -0.4 is 10.6 Å². The van der Waals surface area contributed by atoms with Crippen molar-refractivity contribution >= 4 is 34.2 Å². The van der Waals surface area contributed by atoms with Gasteiger partial charge in [-0.1, -0.05) is 12.1 Å². The second kappa shape index (κ2) is 8.73. The average molecular weight is 511 g/mol. The third-order valence-electron chi connectivity index (χ3n) is 5.95. The number of nitrogens with zero attached hydrogens (tertiary/aromatic N) is 3. The van der Waals surface area contributed by atoms with E-state index in [1.165, 1.54) is 6.07 Å². The van der Waals surface area contributed by atoms with Crippen molar-refractivity contribution in [1.82, 2.24) is 14.8 Å². The van der Waals surface area contributed by atoms with Crippen molar-refractivity contribution in [3.63, 3.8) is 0 Å². The zero-order valence-corrected chi connectivity index (χ0v) is 19.0. The Hall–Kier alpha value is -4.74. The number of anilines is 2. The number of hydrogen-bond acceptors (Lipinski definition) is 5. The molecule has 2 aromatic carbocycles. The molecular formula is C25H17F4N5O3. The Labute approximate surface area is 206 Å². The van der Waals surface area contributed by atoms with E-state index < -0.39 is 35.5 Å². The van der Waals surface area contributed by atoms with Crippen molar-refractivity contribution in [2.24, 2.45) is 0 Å². The molecule has 0 saturated carbocycles. The van der Waals surface area contributed by atoms with E-state index in [1.54, 1.807) is 43.6 Å². The molecule has 1 atom stereocenters. The van der Waals surface area contributed by atoms with Gasteiger partial charge in [0.05, 0.1) is 11.1 Å². The minimum Gasteiger partial charge on any atom is -0.476 e. The topological polar surface area (TPSA) is 109 Å². The van der Waals surface area contributed by atoms with E-state index in [0.717, 1.165) is 21.5 Å². The number of pyridine rings is 1. The van der Waals surface area contributed by atoms with E-state index in [2.05, 4.69) is 20.7 Å². The molecule has 188 valence electrons. The first-order chi connectivity index (χ1) is 17.5. The standard InChI is InChI=1S/C25H17F4N5O3/c1-12-21(23(35)32-16-4-2-15-11-30-7-6-13(15)8-16)22(34-20(31-12)10-19(33-34)24(36)37)14-3-5-17(18(26)9-14)25(27,28)29/h2-11,22,31H,1H3,(H,32,35)(H,36,37). The van der Waals surface area contributed by atoms with Crippen molar-refractivity contribution in [3.8, 4) is 0 Å². The summed E-state index contributed by atoms with van der Waals surface area (Å²) in [5, 5.41) is 20.7. The van der Waals surface area contributed by atoms with Crippen LogP contribution in [0.5, 0.6) is 0 Å². The van der Waals surface area contributed by atoms with Gasteiger partial charge in [-0.3, -0.25) is 9.78 Å². The fourth-order valence-electron chi connectivity index (χ4n) is 4.27. The summed E-state index contributed by atoms with van der Waals surface area (Å²) in [6, 6.07) is 9.18. The van der Waals surface area contributed by atoms with Crippen LogP contribution in [0.1, 0.15) is 34.6 Å². The first kappa shape index (κ1) is 24.0. The van der Waals surface area contributed by atoms with E-state index in [4.69, 9.17) is 0 Å². The fraction of sp³-hybridized carbons (Fsp3) is 0.120. The number of benzene rings is 2. The first-order valence-corrected chi connectivity index (χ1v) is 10.9. The zero-order chi connectivity index (χ0) is 26.5. The number of nitrogens with one attached hydrogen (secondary N) is 2. The molecule has 1 unspecified atom stereocenters. The monoisotopic (exact) mass is 511 g/mol. The van der Waals surface area contributed by atoms with Crippen LogP contribution >= 0.6 is 0 Å². The molecule has 2 aromatic heterocycles. The predicted molar refractivity (Wildman–Crippen MR) is 125 cm³/mol. The number of aromatic carboxylic acids is 1. The molecule has 0 bridgehead atoms. The van der Waals surface area contributed by atoms with Crippen LogP contribution in [0, 0.1) is 5.82 Å². The van der Waals surface area contributed by atoms with Crippen LogP contribution in [0.2, 0.25) is 0 Å². The summed E-state index contributed by atoms with van der Waals surface area (Å²) < 4.78 is 55.2. The van der Waals surface area contributed by atoms with Gasteiger partial charge in [0, 0.05) is 35.2 Å². The highest BCUT2D eigenvalue weighted by molar-refractivity contribution is 6.07. The maximum atomic E-state index is 14.5. The molecule has 0 radical (unpaired) electrons. The molecule has 1 amide bonds. The fourth-order valence-corrected chi connectivity index (χ4v) is 4.27. The van der Waals surface area contributed by atoms with Gasteiger partial charge in [-0.25, -0.2) is 13.9 Å². The molecule has 0 spiro atoms. The van der Waals surface area contributed by atoms with E-state index in [9.17, 15) is 32.3 Å². The van der Waals surface area contributed by atoms with Gasteiger partial charge < -0.3 is 15.7 Å². The number of allylic oxidation sites excluding steroid dienone is 1. The van der Waals surface area contributed by atoms with E-state index in [-0.39, 0.29) is 28.3 Å². The SMILES string of the molecule is CC1=C(C(=O)Nc2ccc3cnccc3c2)C(c2ccc(C(F)(F)F)c(F)c2)n2nc(C(=O)O)cc2N1. The molecule has 8 nitrogen and oxygen atoms in total. The maximum Gasteiger partial charge on any atom is 0.419 e. The van der Waals surface area contributed by atoms with Gasteiger partial charge in [0.2, 0.25) is 0 Å². The van der Waals surface area contributed by atoms with Crippen molar-refractivity contribution in [2.75, 3.05) is 10.6 Å². The summed E-state index contributed by atoms with van der Waals surface area (Å²) in [6.45, 7) is 1.55. The molecule has 0 saturated heterocycles. The average Bonchev–Trinajstić information content (AvgIpc) is 3.26. The van der Waals surface area contributed by atoms with E-state index in [0.29, 0.717) is 17.8 Å². The lowest BCUT2D eigenvalue weighted by atomic mass is 9.93. The Kier molecular flexibility index (Phi) is 5.66.